The van der Waals surface area contributed by atoms with Gasteiger partial charge in [-0.05, 0) is 42.3 Å². The van der Waals surface area contributed by atoms with Crippen LogP contribution >= 0.6 is 0 Å². The minimum Gasteiger partial charge on any atom is -0.405 e. The normalized spacial score (nSPS) is 11.9. The summed E-state index contributed by atoms with van der Waals surface area (Å²) in [5.41, 5.74) is 10.5. The van der Waals surface area contributed by atoms with Crippen LogP contribution in [-0.4, -0.2) is 0 Å². The Balaban J connectivity index is 2.11. The molecule has 0 spiro atoms. The van der Waals surface area contributed by atoms with Gasteiger partial charge in [0.2, 0.25) is 0 Å². The van der Waals surface area contributed by atoms with E-state index in [9.17, 15) is 0 Å². The smallest absolute Gasteiger partial charge is 0.00624 e. The molecular formula is C18H19N. The Morgan fingerprint density at radius 3 is 2.21 bits per heavy atom. The summed E-state index contributed by atoms with van der Waals surface area (Å²) in [5, 5.41) is 0. The molecular weight excluding hydrogens is 230 g/mol. The summed E-state index contributed by atoms with van der Waals surface area (Å²) in [6, 6.07) is 19.2. The van der Waals surface area contributed by atoms with Gasteiger partial charge < -0.3 is 5.73 Å². The first-order valence-corrected chi connectivity index (χ1v) is 6.48. The molecule has 0 radical (unpaired) electrons. The number of allylic oxidation sites excluding steroid dienone is 3. The summed E-state index contributed by atoms with van der Waals surface area (Å²) < 4.78 is 0. The monoisotopic (exact) mass is 249 g/mol. The predicted molar refractivity (Wildman–Crippen MR) is 82.7 cm³/mol. The van der Waals surface area contributed by atoms with Gasteiger partial charge in [-0.2, -0.15) is 0 Å². The molecule has 0 amide bonds. The summed E-state index contributed by atoms with van der Waals surface area (Å²) in [6.07, 6.45) is 6.43. The van der Waals surface area contributed by atoms with Gasteiger partial charge in [0, 0.05) is 0 Å². The van der Waals surface area contributed by atoms with Gasteiger partial charge in [-0.3, -0.25) is 0 Å². The van der Waals surface area contributed by atoms with Gasteiger partial charge in [0.1, 0.15) is 0 Å². The van der Waals surface area contributed by atoms with Crippen LogP contribution in [0.3, 0.4) is 0 Å². The minimum atomic E-state index is 0.958. The molecule has 0 unspecified atom stereocenters. The Bertz CT molecular complexity index is 562. The van der Waals surface area contributed by atoms with Crippen molar-refractivity contribution in [3.05, 3.63) is 84.1 Å². The van der Waals surface area contributed by atoms with Gasteiger partial charge in [0.15, 0.2) is 0 Å². The number of hydrogen-bond acceptors (Lipinski definition) is 1. The predicted octanol–water partition coefficient (Wildman–Crippen LogP) is 4.31. The molecule has 0 saturated carbocycles. The van der Waals surface area contributed by atoms with E-state index in [4.69, 9.17) is 5.73 Å². The second-order valence-electron chi connectivity index (χ2n) is 4.64. The van der Waals surface area contributed by atoms with Crippen LogP contribution in [0.1, 0.15) is 12.5 Å². The first kappa shape index (κ1) is 13.2. The van der Waals surface area contributed by atoms with Crippen LogP contribution < -0.4 is 5.73 Å². The van der Waals surface area contributed by atoms with Crippen molar-refractivity contribution in [1.82, 2.24) is 0 Å². The Labute approximate surface area is 115 Å². The van der Waals surface area contributed by atoms with E-state index in [0.717, 1.165) is 6.42 Å². The average molecular weight is 249 g/mol. The fourth-order valence-electron chi connectivity index (χ4n) is 2.05. The van der Waals surface area contributed by atoms with Gasteiger partial charge in [-0.15, -0.1) is 0 Å². The van der Waals surface area contributed by atoms with Crippen molar-refractivity contribution in [1.29, 1.82) is 0 Å². The first-order valence-electron chi connectivity index (χ1n) is 6.48. The summed E-state index contributed by atoms with van der Waals surface area (Å²) in [5.74, 6) is 0. The molecule has 19 heavy (non-hydrogen) atoms. The van der Waals surface area contributed by atoms with E-state index in [1.165, 1.54) is 22.3 Å². The maximum Gasteiger partial charge on any atom is -0.00624 e. The topological polar surface area (TPSA) is 26.0 Å². The third kappa shape index (κ3) is 3.85. The van der Waals surface area contributed by atoms with Crippen molar-refractivity contribution in [3.63, 3.8) is 0 Å². The van der Waals surface area contributed by atoms with Crippen LogP contribution in [0.4, 0.5) is 0 Å². The van der Waals surface area contributed by atoms with Gasteiger partial charge in [0.25, 0.3) is 0 Å². The van der Waals surface area contributed by atoms with Gasteiger partial charge in [0.05, 0.1) is 0 Å². The molecule has 0 atom stereocenters. The largest absolute Gasteiger partial charge is 0.405 e. The zero-order valence-corrected chi connectivity index (χ0v) is 11.2. The highest BCUT2D eigenvalue weighted by atomic mass is 14.5. The van der Waals surface area contributed by atoms with E-state index in [-0.39, 0.29) is 0 Å². The molecule has 2 rings (SSSR count). The molecule has 0 aliphatic heterocycles. The summed E-state index contributed by atoms with van der Waals surface area (Å²) in [6.45, 7) is 2.12. The molecule has 1 heteroatoms. The van der Waals surface area contributed by atoms with Crippen molar-refractivity contribution >= 4 is 0 Å². The van der Waals surface area contributed by atoms with Gasteiger partial charge >= 0.3 is 0 Å². The fourth-order valence-corrected chi connectivity index (χ4v) is 2.05. The molecule has 0 saturated heterocycles. The maximum absolute atomic E-state index is 5.33. The molecule has 2 aromatic rings. The van der Waals surface area contributed by atoms with Crippen LogP contribution in [0.2, 0.25) is 0 Å². The molecule has 0 heterocycles. The van der Waals surface area contributed by atoms with Gasteiger partial charge in [-0.1, -0.05) is 66.2 Å². The summed E-state index contributed by atoms with van der Waals surface area (Å²) >= 11 is 0. The quantitative estimate of drug-likeness (QED) is 0.803. The Morgan fingerprint density at radius 1 is 0.947 bits per heavy atom. The Kier molecular flexibility index (Phi) is 4.57. The van der Waals surface area contributed by atoms with Gasteiger partial charge in [-0.25, -0.2) is 0 Å². The number of nitrogens with two attached hydrogens (primary N) is 1. The molecule has 2 N–H and O–H groups in total. The van der Waals surface area contributed by atoms with Crippen molar-refractivity contribution in [2.75, 3.05) is 0 Å². The number of benzene rings is 2. The highest BCUT2D eigenvalue weighted by Crippen LogP contribution is 2.20. The van der Waals surface area contributed by atoms with E-state index < -0.39 is 0 Å². The van der Waals surface area contributed by atoms with Crippen molar-refractivity contribution in [2.24, 2.45) is 5.73 Å². The average Bonchev–Trinajstić information content (AvgIpc) is 2.47. The standard InChI is InChI=1S/C18H19N/c1-15(6-5-13-19)14-16-9-11-18(12-10-16)17-7-3-2-4-8-17/h2-13H,14,19H2,1H3/b13-5-,15-6-. The molecule has 0 aliphatic rings. The molecule has 1 nitrogen and oxygen atoms in total. The third-order valence-corrected chi connectivity index (χ3v) is 3.04. The summed E-state index contributed by atoms with van der Waals surface area (Å²) in [7, 11) is 0. The Hall–Kier alpha value is -2.28. The molecule has 0 aromatic heterocycles. The lowest BCUT2D eigenvalue weighted by Gasteiger charge is -2.05. The maximum atomic E-state index is 5.33. The van der Waals surface area contributed by atoms with E-state index in [1.807, 2.05) is 18.2 Å². The van der Waals surface area contributed by atoms with E-state index in [1.54, 1.807) is 6.20 Å². The SMILES string of the molecule is C/C(=C/C=C\N)Cc1ccc(-c2ccccc2)cc1. The molecule has 2 aromatic carbocycles. The van der Waals surface area contributed by atoms with Crippen LogP contribution in [0.5, 0.6) is 0 Å². The lowest BCUT2D eigenvalue weighted by Crippen LogP contribution is -1.87. The van der Waals surface area contributed by atoms with E-state index in [0.29, 0.717) is 0 Å². The van der Waals surface area contributed by atoms with Crippen LogP contribution in [0.25, 0.3) is 11.1 Å². The Morgan fingerprint density at radius 2 is 1.58 bits per heavy atom. The molecule has 96 valence electrons. The lowest BCUT2D eigenvalue weighted by atomic mass is 10.0. The highest BCUT2D eigenvalue weighted by molar-refractivity contribution is 5.63. The highest BCUT2D eigenvalue weighted by Gasteiger charge is 1.98. The second-order valence-corrected chi connectivity index (χ2v) is 4.64. The van der Waals surface area contributed by atoms with Crippen LogP contribution in [0.15, 0.2) is 78.5 Å². The van der Waals surface area contributed by atoms with E-state index in [2.05, 4.69) is 55.5 Å². The zero-order valence-electron chi connectivity index (χ0n) is 11.2. The summed E-state index contributed by atoms with van der Waals surface area (Å²) in [4.78, 5) is 0. The minimum absolute atomic E-state index is 0.958. The van der Waals surface area contributed by atoms with E-state index >= 15 is 0 Å². The number of rotatable bonds is 4. The lowest BCUT2D eigenvalue weighted by molar-refractivity contribution is 1.14. The van der Waals surface area contributed by atoms with Crippen molar-refractivity contribution in [3.8, 4) is 11.1 Å². The second kappa shape index (κ2) is 6.60. The third-order valence-electron chi connectivity index (χ3n) is 3.04. The molecule has 0 fully saturated rings. The first-order chi connectivity index (χ1) is 9.29. The van der Waals surface area contributed by atoms with Crippen molar-refractivity contribution in [2.45, 2.75) is 13.3 Å². The number of hydrogen-bond donors (Lipinski definition) is 1. The van der Waals surface area contributed by atoms with Crippen LogP contribution in [-0.2, 0) is 6.42 Å². The fraction of sp³-hybridized carbons (Fsp3) is 0.111. The molecule has 0 bridgehead atoms. The van der Waals surface area contributed by atoms with Crippen LogP contribution in [0, 0.1) is 0 Å². The zero-order chi connectivity index (χ0) is 13.5. The van der Waals surface area contributed by atoms with Crippen molar-refractivity contribution < 1.29 is 0 Å². The molecule has 0 aliphatic carbocycles.